The number of rotatable bonds is 9. The van der Waals surface area contributed by atoms with Crippen molar-refractivity contribution in [2.24, 2.45) is 0 Å². The van der Waals surface area contributed by atoms with Gasteiger partial charge >= 0.3 is 5.97 Å². The average molecular weight is 425 g/mol. The molecule has 0 unspecified atom stereocenters. The molecule has 0 radical (unpaired) electrons. The van der Waals surface area contributed by atoms with Crippen molar-refractivity contribution in [2.45, 2.75) is 40.0 Å². The molecule has 0 spiro atoms. The molecule has 1 amide bonds. The zero-order valence-electron chi connectivity index (χ0n) is 16.6. The van der Waals surface area contributed by atoms with Crippen LogP contribution in [0.4, 0.5) is 5.13 Å². The number of nitrogens with zero attached hydrogens (tertiary/aromatic N) is 2. The topological polar surface area (TPSA) is 68.7 Å². The Morgan fingerprint density at radius 1 is 1.25 bits per heavy atom. The third-order valence-electron chi connectivity index (χ3n) is 4.10. The smallest absolute Gasteiger partial charge is 0.350 e. The monoisotopic (exact) mass is 424 g/mol. The number of ether oxygens (including phenoxy) is 2. The summed E-state index contributed by atoms with van der Waals surface area (Å²) < 4.78 is 10.4. The summed E-state index contributed by atoms with van der Waals surface area (Å²) in [4.78, 5) is 31.9. The lowest BCUT2D eigenvalue weighted by Crippen LogP contribution is -2.32. The van der Waals surface area contributed by atoms with E-state index in [-0.39, 0.29) is 12.5 Å². The summed E-state index contributed by atoms with van der Waals surface area (Å²) in [5, 5.41) is 0.906. The van der Waals surface area contributed by atoms with Crippen LogP contribution in [0.5, 0.6) is 5.75 Å². The van der Waals surface area contributed by atoms with E-state index in [4.69, 9.17) is 21.1 Å². The number of thiazole rings is 1. The number of aromatic nitrogens is 1. The Balaban J connectivity index is 2.42. The van der Waals surface area contributed by atoms with Gasteiger partial charge in [0.15, 0.2) is 5.13 Å². The van der Waals surface area contributed by atoms with E-state index in [0.717, 1.165) is 30.6 Å². The van der Waals surface area contributed by atoms with Gasteiger partial charge in [0.1, 0.15) is 10.6 Å². The third-order valence-corrected chi connectivity index (χ3v) is 5.49. The fourth-order valence-electron chi connectivity index (χ4n) is 2.68. The Labute approximate surface area is 174 Å². The second kappa shape index (κ2) is 10.4. The Morgan fingerprint density at radius 2 is 2.00 bits per heavy atom. The Kier molecular flexibility index (Phi) is 8.26. The summed E-state index contributed by atoms with van der Waals surface area (Å²) >= 11 is 7.26. The average Bonchev–Trinajstić information content (AvgIpc) is 3.06. The van der Waals surface area contributed by atoms with Gasteiger partial charge in [0.25, 0.3) is 5.91 Å². The lowest BCUT2D eigenvalue weighted by atomic mass is 10.1. The van der Waals surface area contributed by atoms with Gasteiger partial charge in [0.2, 0.25) is 0 Å². The molecule has 0 atom stereocenters. The number of aryl methyl sites for hydroxylation is 1. The number of halogens is 1. The van der Waals surface area contributed by atoms with Crippen LogP contribution >= 0.6 is 22.9 Å². The molecule has 0 bridgehead atoms. The number of carbonyl (C=O) groups is 2. The minimum absolute atomic E-state index is 0.264. The molecule has 2 rings (SSSR count). The number of carbonyl (C=O) groups excluding carboxylic acids is 2. The first-order valence-corrected chi connectivity index (χ1v) is 10.4. The van der Waals surface area contributed by atoms with E-state index in [1.165, 1.54) is 7.11 Å². The van der Waals surface area contributed by atoms with Crippen molar-refractivity contribution in [2.75, 3.05) is 25.2 Å². The van der Waals surface area contributed by atoms with E-state index in [1.54, 1.807) is 36.9 Å². The van der Waals surface area contributed by atoms with Crippen LogP contribution in [0.3, 0.4) is 0 Å². The molecule has 0 N–H and O–H groups in total. The Bertz CT molecular complexity index is 838. The van der Waals surface area contributed by atoms with Gasteiger partial charge in [-0.3, -0.25) is 9.69 Å². The molecule has 0 fully saturated rings. The predicted octanol–water partition coefficient (Wildman–Crippen LogP) is 5.13. The number of unbranched alkanes of at least 4 members (excludes halogenated alkanes) is 2. The number of methoxy groups -OCH3 is 1. The molecule has 0 aliphatic rings. The molecule has 28 heavy (non-hydrogen) atoms. The van der Waals surface area contributed by atoms with E-state index in [9.17, 15) is 9.59 Å². The van der Waals surface area contributed by atoms with Crippen LogP contribution in [-0.4, -0.2) is 37.1 Å². The number of amides is 1. The van der Waals surface area contributed by atoms with E-state index in [2.05, 4.69) is 11.9 Å². The quantitative estimate of drug-likeness (QED) is 0.412. The molecule has 1 heterocycles. The molecular weight excluding hydrogens is 400 g/mol. The van der Waals surface area contributed by atoms with E-state index >= 15 is 0 Å². The minimum Gasteiger partial charge on any atom is -0.496 e. The number of hydrogen-bond acceptors (Lipinski definition) is 6. The summed E-state index contributed by atoms with van der Waals surface area (Å²) in [6, 6.07) is 4.92. The van der Waals surface area contributed by atoms with Crippen LogP contribution in [0.1, 0.15) is 58.8 Å². The molecule has 0 aliphatic carbocycles. The summed E-state index contributed by atoms with van der Waals surface area (Å²) in [5.41, 5.74) is 0.904. The molecule has 0 saturated carbocycles. The summed E-state index contributed by atoms with van der Waals surface area (Å²) in [6.45, 7) is 6.35. The van der Waals surface area contributed by atoms with Gasteiger partial charge in [-0.1, -0.05) is 42.7 Å². The molecule has 8 heteroatoms. The maximum absolute atomic E-state index is 13.3. The first-order valence-electron chi connectivity index (χ1n) is 9.22. The highest BCUT2D eigenvalue weighted by Gasteiger charge is 2.26. The van der Waals surface area contributed by atoms with Gasteiger partial charge < -0.3 is 9.47 Å². The molecule has 2 aromatic rings. The van der Waals surface area contributed by atoms with Crippen molar-refractivity contribution < 1.29 is 19.1 Å². The standard InChI is InChI=1S/C20H25ClN2O4S/c1-5-7-8-11-23(18(24)15-12-14(21)9-10-16(15)26-4)20-22-13(3)17(28-20)19(25)27-6-2/h9-10,12H,5-8,11H2,1-4H3. The zero-order chi connectivity index (χ0) is 20.7. The fourth-order valence-corrected chi connectivity index (χ4v) is 3.84. The van der Waals surface area contributed by atoms with E-state index in [0.29, 0.717) is 38.6 Å². The van der Waals surface area contributed by atoms with Crippen molar-refractivity contribution in [3.63, 3.8) is 0 Å². The maximum Gasteiger partial charge on any atom is 0.350 e. The van der Waals surface area contributed by atoms with Gasteiger partial charge in [-0.2, -0.15) is 0 Å². The molecule has 6 nitrogen and oxygen atoms in total. The van der Waals surface area contributed by atoms with Gasteiger partial charge in [0, 0.05) is 11.6 Å². The Hall–Kier alpha value is -2.12. The molecule has 0 aliphatic heterocycles. The van der Waals surface area contributed by atoms with Gasteiger partial charge in [-0.05, 0) is 38.5 Å². The van der Waals surface area contributed by atoms with Crippen LogP contribution in [0, 0.1) is 6.92 Å². The maximum atomic E-state index is 13.3. The van der Waals surface area contributed by atoms with Crippen molar-refractivity contribution >= 4 is 39.9 Å². The molecule has 1 aromatic heterocycles. The van der Waals surface area contributed by atoms with Crippen LogP contribution in [-0.2, 0) is 4.74 Å². The third kappa shape index (κ3) is 5.23. The van der Waals surface area contributed by atoms with E-state index < -0.39 is 5.97 Å². The zero-order valence-corrected chi connectivity index (χ0v) is 18.2. The van der Waals surface area contributed by atoms with Crippen molar-refractivity contribution in [1.82, 2.24) is 4.98 Å². The SMILES string of the molecule is CCCCCN(C(=O)c1cc(Cl)ccc1OC)c1nc(C)c(C(=O)OCC)s1. The van der Waals surface area contributed by atoms with Crippen LogP contribution in [0.25, 0.3) is 0 Å². The summed E-state index contributed by atoms with van der Waals surface area (Å²) in [7, 11) is 1.51. The minimum atomic E-state index is -0.426. The van der Waals surface area contributed by atoms with Gasteiger partial charge in [0.05, 0.1) is 25.0 Å². The highest BCUT2D eigenvalue weighted by Crippen LogP contribution is 2.31. The summed E-state index contributed by atoms with van der Waals surface area (Å²) in [5.74, 6) is -0.251. The van der Waals surface area contributed by atoms with E-state index in [1.807, 2.05) is 0 Å². The van der Waals surface area contributed by atoms with Gasteiger partial charge in [-0.15, -0.1) is 0 Å². The second-order valence-corrected chi connectivity index (χ2v) is 7.55. The number of benzene rings is 1. The predicted molar refractivity (Wildman–Crippen MR) is 112 cm³/mol. The van der Waals surface area contributed by atoms with Gasteiger partial charge in [-0.25, -0.2) is 9.78 Å². The Morgan fingerprint density at radius 3 is 2.64 bits per heavy atom. The molecule has 0 saturated heterocycles. The molecule has 152 valence electrons. The lowest BCUT2D eigenvalue weighted by molar-refractivity contribution is 0.0531. The van der Waals surface area contributed by atoms with Crippen molar-refractivity contribution in [1.29, 1.82) is 0 Å². The van der Waals surface area contributed by atoms with Crippen LogP contribution in [0.2, 0.25) is 5.02 Å². The number of anilines is 1. The van der Waals surface area contributed by atoms with Crippen LogP contribution in [0.15, 0.2) is 18.2 Å². The number of esters is 1. The largest absolute Gasteiger partial charge is 0.496 e. The van der Waals surface area contributed by atoms with Crippen LogP contribution < -0.4 is 9.64 Å². The highest BCUT2D eigenvalue weighted by molar-refractivity contribution is 7.17. The molecule has 1 aromatic carbocycles. The summed E-state index contributed by atoms with van der Waals surface area (Å²) in [6.07, 6.45) is 2.82. The number of hydrogen-bond donors (Lipinski definition) is 0. The first-order chi connectivity index (χ1) is 13.4. The normalized spacial score (nSPS) is 10.6. The fraction of sp³-hybridized carbons (Fsp3) is 0.450. The molecular formula is C20H25ClN2O4S. The highest BCUT2D eigenvalue weighted by atomic mass is 35.5. The lowest BCUT2D eigenvalue weighted by Gasteiger charge is -2.21. The second-order valence-electron chi connectivity index (χ2n) is 6.14. The van der Waals surface area contributed by atoms with Crippen molar-refractivity contribution in [3.8, 4) is 5.75 Å². The first kappa shape index (κ1) is 22.2. The van der Waals surface area contributed by atoms with Crippen molar-refractivity contribution in [3.05, 3.63) is 39.4 Å².